The molecule has 0 radical (unpaired) electrons. The second-order valence-electron chi connectivity index (χ2n) is 7.94. The minimum absolute atomic E-state index is 0.108. The summed E-state index contributed by atoms with van der Waals surface area (Å²) in [5.41, 5.74) is 0.564. The van der Waals surface area contributed by atoms with Crippen LogP contribution in [0, 0.1) is 0 Å². The zero-order valence-corrected chi connectivity index (χ0v) is 17.9. The van der Waals surface area contributed by atoms with Crippen LogP contribution in [0.25, 0.3) is 6.08 Å². The smallest absolute Gasteiger partial charge is 0.240 e. The number of carbonyl (C=O) groups is 1. The monoisotopic (exact) mass is 421 g/mol. The molecule has 1 atom stereocenters. The van der Waals surface area contributed by atoms with E-state index in [0.29, 0.717) is 23.9 Å². The molecule has 29 heavy (non-hydrogen) atoms. The normalized spacial score (nSPS) is 20.7. The van der Waals surface area contributed by atoms with Crippen LogP contribution in [-0.4, -0.2) is 66.9 Å². The first-order valence-electron chi connectivity index (χ1n) is 10.5. The molecule has 0 aliphatic carbocycles. The maximum absolute atomic E-state index is 12.2. The first kappa shape index (κ1) is 22.1. The molecule has 2 fully saturated rings. The van der Waals surface area contributed by atoms with Gasteiger partial charge < -0.3 is 25.4 Å². The summed E-state index contributed by atoms with van der Waals surface area (Å²) in [6.45, 7) is 5.95. The fourth-order valence-electron chi connectivity index (χ4n) is 3.94. The minimum Gasteiger partial charge on any atom is -0.491 e. The third-order valence-corrected chi connectivity index (χ3v) is 5.81. The van der Waals surface area contributed by atoms with Crippen molar-refractivity contribution >= 4 is 23.6 Å². The van der Waals surface area contributed by atoms with Gasteiger partial charge in [-0.15, -0.1) is 0 Å². The number of aliphatic hydroxyl groups excluding tert-OH is 1. The van der Waals surface area contributed by atoms with Gasteiger partial charge in [0, 0.05) is 37.7 Å². The number of piperidine rings is 1. The molecule has 3 N–H and O–H groups in total. The number of piperazine rings is 1. The lowest BCUT2D eigenvalue weighted by molar-refractivity contribution is -0.131. The van der Waals surface area contributed by atoms with Gasteiger partial charge in [-0.1, -0.05) is 37.1 Å². The molecule has 3 rings (SSSR count). The summed E-state index contributed by atoms with van der Waals surface area (Å²) in [5, 5.41) is 17.4. The van der Waals surface area contributed by atoms with Crippen molar-refractivity contribution in [3.8, 4) is 5.75 Å². The van der Waals surface area contributed by atoms with Crippen LogP contribution in [0.5, 0.6) is 5.75 Å². The van der Waals surface area contributed by atoms with Crippen molar-refractivity contribution in [1.29, 1.82) is 0 Å². The Morgan fingerprint density at radius 3 is 2.83 bits per heavy atom. The number of aliphatic hydroxyl groups is 1. The maximum atomic E-state index is 12.2. The third kappa shape index (κ3) is 6.19. The zero-order chi connectivity index (χ0) is 20.7. The van der Waals surface area contributed by atoms with Gasteiger partial charge in [-0.25, -0.2) is 0 Å². The number of unbranched alkanes of at least 4 members (excludes halogenated alkanes) is 1. The molecular formula is C22H32ClN3O3. The predicted octanol–water partition coefficient (Wildman–Crippen LogP) is 2.45. The molecule has 1 unspecified atom stereocenters. The number of hydrogen-bond donors (Lipinski definition) is 3. The SMILES string of the molecule is CCC/C=C/c1cc(Cl)cc(OCC(O)CN2CCC3(CC2)NCCNC3=O)c1. The van der Waals surface area contributed by atoms with Crippen molar-refractivity contribution in [3.63, 3.8) is 0 Å². The van der Waals surface area contributed by atoms with E-state index in [1.807, 2.05) is 18.2 Å². The van der Waals surface area contributed by atoms with Crippen LogP contribution < -0.4 is 15.4 Å². The van der Waals surface area contributed by atoms with Crippen LogP contribution in [-0.2, 0) is 4.79 Å². The van der Waals surface area contributed by atoms with Crippen LogP contribution in [0.1, 0.15) is 38.2 Å². The summed E-state index contributed by atoms with van der Waals surface area (Å²) in [7, 11) is 0. The van der Waals surface area contributed by atoms with Gasteiger partial charge in [-0.3, -0.25) is 4.79 Å². The van der Waals surface area contributed by atoms with Gasteiger partial charge in [-0.05, 0) is 43.0 Å². The second kappa shape index (κ2) is 10.4. The van der Waals surface area contributed by atoms with Gasteiger partial charge in [-0.2, -0.15) is 0 Å². The maximum Gasteiger partial charge on any atom is 0.240 e. The zero-order valence-electron chi connectivity index (χ0n) is 17.1. The lowest BCUT2D eigenvalue weighted by atomic mass is 9.85. The molecular weight excluding hydrogens is 390 g/mol. The summed E-state index contributed by atoms with van der Waals surface area (Å²) >= 11 is 6.19. The quantitative estimate of drug-likeness (QED) is 0.601. The largest absolute Gasteiger partial charge is 0.491 e. The highest BCUT2D eigenvalue weighted by molar-refractivity contribution is 6.30. The van der Waals surface area contributed by atoms with E-state index < -0.39 is 11.6 Å². The minimum atomic E-state index is -0.602. The Hall–Kier alpha value is -1.60. The number of nitrogens with zero attached hydrogens (tertiary/aromatic N) is 1. The lowest BCUT2D eigenvalue weighted by Crippen LogP contribution is -2.66. The highest BCUT2D eigenvalue weighted by atomic mass is 35.5. The van der Waals surface area contributed by atoms with Gasteiger partial charge in [0.05, 0.1) is 0 Å². The summed E-state index contributed by atoms with van der Waals surface area (Å²) in [6, 6.07) is 5.60. The Bertz CT molecular complexity index is 717. The van der Waals surface area contributed by atoms with Crippen molar-refractivity contribution in [2.45, 2.75) is 44.2 Å². The topological polar surface area (TPSA) is 73.8 Å². The average molecular weight is 422 g/mol. The Labute approximate surface area is 178 Å². The van der Waals surface area contributed by atoms with Crippen LogP contribution in [0.3, 0.4) is 0 Å². The number of nitrogens with one attached hydrogen (secondary N) is 2. The number of hydrogen-bond acceptors (Lipinski definition) is 5. The fraction of sp³-hybridized carbons (Fsp3) is 0.591. The van der Waals surface area contributed by atoms with E-state index in [1.54, 1.807) is 6.07 Å². The fourth-order valence-corrected chi connectivity index (χ4v) is 4.18. The van der Waals surface area contributed by atoms with Crippen molar-refractivity contribution < 1.29 is 14.6 Å². The summed E-state index contributed by atoms with van der Waals surface area (Å²) in [4.78, 5) is 14.4. The molecule has 2 aliphatic rings. The lowest BCUT2D eigenvalue weighted by Gasteiger charge is -2.43. The number of allylic oxidation sites excluding steroid dienone is 1. The highest BCUT2D eigenvalue weighted by Crippen LogP contribution is 2.25. The number of β-amino-alcohol motifs (C(OH)–C–C–N with tert-alkyl or cyclic N) is 1. The second-order valence-corrected chi connectivity index (χ2v) is 8.38. The van der Waals surface area contributed by atoms with Crippen LogP contribution >= 0.6 is 11.6 Å². The number of amides is 1. The molecule has 2 heterocycles. The average Bonchev–Trinajstić information content (AvgIpc) is 2.70. The number of likely N-dealkylation sites (tertiary alicyclic amines) is 1. The van der Waals surface area contributed by atoms with E-state index in [9.17, 15) is 9.90 Å². The van der Waals surface area contributed by atoms with Crippen molar-refractivity contribution in [1.82, 2.24) is 15.5 Å². The molecule has 0 saturated carbocycles. The van der Waals surface area contributed by atoms with Crippen LogP contribution in [0.4, 0.5) is 0 Å². The van der Waals surface area contributed by atoms with Crippen LogP contribution in [0.2, 0.25) is 5.02 Å². The van der Waals surface area contributed by atoms with Gasteiger partial charge in [0.2, 0.25) is 5.91 Å². The number of benzene rings is 1. The third-order valence-electron chi connectivity index (χ3n) is 5.59. The summed E-state index contributed by atoms with van der Waals surface area (Å²) in [5.74, 6) is 0.769. The number of ether oxygens (including phenoxy) is 1. The summed E-state index contributed by atoms with van der Waals surface area (Å²) in [6.07, 6.45) is 7.20. The van der Waals surface area contributed by atoms with E-state index in [1.165, 1.54) is 0 Å². The van der Waals surface area contributed by atoms with E-state index in [2.05, 4.69) is 28.5 Å². The molecule has 0 bridgehead atoms. The number of rotatable bonds is 8. The molecule has 1 aromatic carbocycles. The van der Waals surface area contributed by atoms with Crippen molar-refractivity contribution in [2.24, 2.45) is 0 Å². The van der Waals surface area contributed by atoms with E-state index in [4.69, 9.17) is 16.3 Å². The van der Waals surface area contributed by atoms with Crippen molar-refractivity contribution in [3.05, 3.63) is 34.9 Å². The standard InChI is InChI=1S/C22H32ClN3O3/c1-2-3-4-5-17-12-18(23)14-20(13-17)29-16-19(27)15-26-10-6-22(7-11-26)21(28)24-8-9-25-22/h4-5,12-14,19,25,27H,2-3,6-11,15-16H2,1H3,(H,24,28)/b5-4+. The molecule has 6 nitrogen and oxygen atoms in total. The molecule has 2 saturated heterocycles. The Morgan fingerprint density at radius 1 is 1.31 bits per heavy atom. The number of halogens is 1. The van der Waals surface area contributed by atoms with Crippen molar-refractivity contribution in [2.75, 3.05) is 39.3 Å². The van der Waals surface area contributed by atoms with Gasteiger partial charge in [0.25, 0.3) is 0 Å². The van der Waals surface area contributed by atoms with Gasteiger partial charge in [0.1, 0.15) is 24.0 Å². The van der Waals surface area contributed by atoms with E-state index >= 15 is 0 Å². The molecule has 7 heteroatoms. The Kier molecular flexibility index (Phi) is 7.95. The van der Waals surface area contributed by atoms with Gasteiger partial charge >= 0.3 is 0 Å². The predicted molar refractivity (Wildman–Crippen MR) is 116 cm³/mol. The van der Waals surface area contributed by atoms with Crippen LogP contribution in [0.15, 0.2) is 24.3 Å². The number of carbonyl (C=O) groups excluding carboxylic acids is 1. The Balaban J connectivity index is 1.46. The molecule has 1 aromatic rings. The summed E-state index contributed by atoms with van der Waals surface area (Å²) < 4.78 is 5.79. The molecule has 2 aliphatic heterocycles. The highest BCUT2D eigenvalue weighted by Gasteiger charge is 2.42. The first-order valence-corrected chi connectivity index (χ1v) is 10.9. The molecule has 1 amide bonds. The Morgan fingerprint density at radius 2 is 2.10 bits per heavy atom. The molecule has 160 valence electrons. The van der Waals surface area contributed by atoms with E-state index in [0.717, 1.165) is 50.9 Å². The molecule has 0 aromatic heterocycles. The molecule has 1 spiro atoms. The van der Waals surface area contributed by atoms with E-state index in [-0.39, 0.29) is 12.5 Å². The van der Waals surface area contributed by atoms with Gasteiger partial charge in [0.15, 0.2) is 0 Å². The first-order chi connectivity index (χ1) is 14.0.